The maximum absolute atomic E-state index is 10.3. The summed E-state index contributed by atoms with van der Waals surface area (Å²) < 4.78 is 5.42. The van der Waals surface area contributed by atoms with E-state index in [1.165, 1.54) is 12.8 Å². The van der Waals surface area contributed by atoms with E-state index < -0.39 is 0 Å². The van der Waals surface area contributed by atoms with E-state index in [1.807, 2.05) is 6.92 Å². The predicted octanol–water partition coefficient (Wildman–Crippen LogP) is 2.97. The lowest BCUT2D eigenvalue weighted by Gasteiger charge is -2.23. The number of hydrogen-bond acceptors (Lipinski definition) is 2. The summed E-state index contributed by atoms with van der Waals surface area (Å²) >= 11 is 0. The fraction of sp³-hybridized carbons (Fsp3) is 0.750. The highest BCUT2D eigenvalue weighted by atomic mass is 16.5. The summed E-state index contributed by atoms with van der Waals surface area (Å²) in [6.07, 6.45) is 6.14. The summed E-state index contributed by atoms with van der Waals surface area (Å²) in [7, 11) is 1.74. The molecule has 0 spiro atoms. The number of aldehydes is 1. The molecule has 0 saturated heterocycles. The Morgan fingerprint density at radius 1 is 1.50 bits per heavy atom. The van der Waals surface area contributed by atoms with Crippen molar-refractivity contribution >= 4 is 6.29 Å². The smallest absolute Gasteiger partial charge is 0.142 e. The molecule has 0 amide bonds. The fourth-order valence-corrected chi connectivity index (χ4v) is 1.53. The molecule has 0 rings (SSSR count). The first-order valence-electron chi connectivity index (χ1n) is 5.32. The van der Waals surface area contributed by atoms with Gasteiger partial charge in [-0.25, -0.2) is 0 Å². The summed E-state index contributed by atoms with van der Waals surface area (Å²) in [6, 6.07) is 0. The SMILES string of the molecule is CCCCC(OC)C(C)/C(C)=C/C=O. The summed E-state index contributed by atoms with van der Waals surface area (Å²) in [5.74, 6) is 0.330. The Hall–Kier alpha value is -0.630. The average Bonchev–Trinajstić information content (AvgIpc) is 2.19. The summed E-state index contributed by atoms with van der Waals surface area (Å²) in [6.45, 7) is 6.27. The number of ether oxygens (including phenoxy) is 1. The van der Waals surface area contributed by atoms with E-state index >= 15 is 0 Å². The number of carbonyl (C=O) groups is 1. The van der Waals surface area contributed by atoms with Gasteiger partial charge in [-0.3, -0.25) is 4.79 Å². The standard InChI is InChI=1S/C12H22O2/c1-5-6-7-12(14-4)11(3)10(2)8-9-13/h8-9,11-12H,5-7H2,1-4H3/b10-8+. The molecule has 0 fully saturated rings. The van der Waals surface area contributed by atoms with E-state index in [1.54, 1.807) is 13.2 Å². The van der Waals surface area contributed by atoms with Crippen LogP contribution >= 0.6 is 0 Å². The lowest BCUT2D eigenvalue weighted by atomic mass is 9.92. The molecule has 2 heteroatoms. The number of hydrogen-bond donors (Lipinski definition) is 0. The van der Waals surface area contributed by atoms with E-state index in [9.17, 15) is 4.79 Å². The Labute approximate surface area is 87.3 Å². The third kappa shape index (κ3) is 4.56. The van der Waals surface area contributed by atoms with Gasteiger partial charge in [-0.15, -0.1) is 0 Å². The molecular formula is C12H22O2. The third-order valence-corrected chi connectivity index (χ3v) is 2.75. The van der Waals surface area contributed by atoms with E-state index in [4.69, 9.17) is 4.74 Å². The molecule has 0 aliphatic rings. The molecule has 0 aliphatic carbocycles. The Morgan fingerprint density at radius 2 is 2.14 bits per heavy atom. The van der Waals surface area contributed by atoms with Crippen molar-refractivity contribution in [3.8, 4) is 0 Å². The van der Waals surface area contributed by atoms with Crippen molar-refractivity contribution < 1.29 is 9.53 Å². The molecule has 82 valence electrons. The van der Waals surface area contributed by atoms with Gasteiger partial charge in [0.25, 0.3) is 0 Å². The van der Waals surface area contributed by atoms with Crippen LogP contribution in [0.1, 0.15) is 40.0 Å². The van der Waals surface area contributed by atoms with Crippen molar-refractivity contribution in [3.05, 3.63) is 11.6 Å². The lowest BCUT2D eigenvalue weighted by molar-refractivity contribution is -0.104. The number of carbonyl (C=O) groups excluding carboxylic acids is 1. The van der Waals surface area contributed by atoms with Gasteiger partial charge >= 0.3 is 0 Å². The first-order chi connectivity index (χ1) is 6.67. The fourth-order valence-electron chi connectivity index (χ4n) is 1.53. The summed E-state index contributed by atoms with van der Waals surface area (Å²) in [5, 5.41) is 0. The Morgan fingerprint density at radius 3 is 2.57 bits per heavy atom. The van der Waals surface area contributed by atoms with Crippen molar-refractivity contribution in [1.82, 2.24) is 0 Å². The van der Waals surface area contributed by atoms with Crippen LogP contribution in [0.25, 0.3) is 0 Å². The van der Waals surface area contributed by atoms with Crippen LogP contribution in [0.3, 0.4) is 0 Å². The summed E-state index contributed by atoms with van der Waals surface area (Å²) in [5.41, 5.74) is 1.10. The van der Waals surface area contributed by atoms with Gasteiger partial charge in [-0.05, 0) is 19.4 Å². The van der Waals surface area contributed by atoms with Crippen molar-refractivity contribution in [1.29, 1.82) is 0 Å². The van der Waals surface area contributed by atoms with Crippen LogP contribution in [0.2, 0.25) is 0 Å². The molecule has 0 N–H and O–H groups in total. The van der Waals surface area contributed by atoms with E-state index in [0.717, 1.165) is 18.3 Å². The van der Waals surface area contributed by atoms with Crippen molar-refractivity contribution in [2.45, 2.75) is 46.1 Å². The lowest BCUT2D eigenvalue weighted by Crippen LogP contribution is -2.21. The Kier molecular flexibility index (Phi) is 7.40. The number of allylic oxidation sites excluding steroid dienone is 1. The monoisotopic (exact) mass is 198 g/mol. The quantitative estimate of drug-likeness (QED) is 0.464. The van der Waals surface area contributed by atoms with Crippen LogP contribution in [0.15, 0.2) is 11.6 Å². The van der Waals surface area contributed by atoms with Gasteiger partial charge in [0.1, 0.15) is 6.29 Å². The molecule has 0 heterocycles. The van der Waals surface area contributed by atoms with Gasteiger partial charge in [0.2, 0.25) is 0 Å². The molecule has 0 aromatic heterocycles. The van der Waals surface area contributed by atoms with E-state index in [-0.39, 0.29) is 6.10 Å². The minimum atomic E-state index is 0.242. The largest absolute Gasteiger partial charge is 0.381 e. The Bertz CT molecular complexity index is 185. The summed E-state index contributed by atoms with van der Waals surface area (Å²) in [4.78, 5) is 10.3. The van der Waals surface area contributed by atoms with Gasteiger partial charge in [-0.1, -0.05) is 32.3 Å². The van der Waals surface area contributed by atoms with Crippen molar-refractivity contribution in [2.75, 3.05) is 7.11 Å². The first kappa shape index (κ1) is 13.4. The average molecular weight is 198 g/mol. The minimum absolute atomic E-state index is 0.242. The minimum Gasteiger partial charge on any atom is -0.381 e. The normalized spacial score (nSPS) is 16.4. The second-order valence-corrected chi connectivity index (χ2v) is 3.75. The first-order valence-corrected chi connectivity index (χ1v) is 5.32. The number of unbranched alkanes of at least 4 members (excludes halogenated alkanes) is 1. The van der Waals surface area contributed by atoms with Crippen LogP contribution in [0.4, 0.5) is 0 Å². The molecule has 0 bridgehead atoms. The molecule has 2 unspecified atom stereocenters. The zero-order valence-corrected chi connectivity index (χ0v) is 9.75. The highest BCUT2D eigenvalue weighted by Crippen LogP contribution is 2.20. The maximum Gasteiger partial charge on any atom is 0.142 e. The van der Waals surface area contributed by atoms with Gasteiger partial charge in [0.15, 0.2) is 0 Å². The predicted molar refractivity (Wildman–Crippen MR) is 59.3 cm³/mol. The van der Waals surface area contributed by atoms with Crippen LogP contribution in [0, 0.1) is 5.92 Å². The molecule has 2 nitrogen and oxygen atoms in total. The van der Waals surface area contributed by atoms with Gasteiger partial charge in [0, 0.05) is 13.0 Å². The highest BCUT2D eigenvalue weighted by molar-refractivity contribution is 5.66. The van der Waals surface area contributed by atoms with E-state index in [2.05, 4.69) is 13.8 Å². The van der Waals surface area contributed by atoms with Crippen LogP contribution < -0.4 is 0 Å². The topological polar surface area (TPSA) is 26.3 Å². The maximum atomic E-state index is 10.3. The van der Waals surface area contributed by atoms with Crippen molar-refractivity contribution in [3.63, 3.8) is 0 Å². The molecule has 2 atom stereocenters. The second-order valence-electron chi connectivity index (χ2n) is 3.75. The molecule has 0 radical (unpaired) electrons. The third-order valence-electron chi connectivity index (χ3n) is 2.75. The van der Waals surface area contributed by atoms with E-state index in [0.29, 0.717) is 5.92 Å². The highest BCUT2D eigenvalue weighted by Gasteiger charge is 2.17. The van der Waals surface area contributed by atoms with Gasteiger partial charge < -0.3 is 4.74 Å². The van der Waals surface area contributed by atoms with Crippen LogP contribution in [-0.2, 0) is 9.53 Å². The van der Waals surface area contributed by atoms with Crippen LogP contribution in [0.5, 0.6) is 0 Å². The molecule has 0 aliphatic heterocycles. The molecule has 0 aromatic rings. The zero-order chi connectivity index (χ0) is 11.0. The van der Waals surface area contributed by atoms with Gasteiger partial charge in [-0.2, -0.15) is 0 Å². The molecule has 0 saturated carbocycles. The van der Waals surface area contributed by atoms with Gasteiger partial charge in [0.05, 0.1) is 6.10 Å². The molecule has 0 aromatic carbocycles. The Balaban J connectivity index is 4.21. The van der Waals surface area contributed by atoms with Crippen LogP contribution in [-0.4, -0.2) is 19.5 Å². The zero-order valence-electron chi connectivity index (χ0n) is 9.75. The molecule has 14 heavy (non-hydrogen) atoms. The number of methoxy groups -OCH3 is 1. The second kappa shape index (κ2) is 7.74. The number of rotatable bonds is 7. The van der Waals surface area contributed by atoms with Crippen molar-refractivity contribution in [2.24, 2.45) is 5.92 Å². The molecular weight excluding hydrogens is 176 g/mol.